The molecule has 0 spiro atoms. The van der Waals surface area contributed by atoms with Crippen molar-refractivity contribution in [2.75, 3.05) is 26.7 Å². The van der Waals surface area contributed by atoms with Crippen molar-refractivity contribution in [3.8, 4) is 0 Å². The van der Waals surface area contributed by atoms with Gasteiger partial charge in [-0.15, -0.1) is 0 Å². The monoisotopic (exact) mass is 256 g/mol. The van der Waals surface area contributed by atoms with E-state index in [1.807, 2.05) is 25.8 Å². The van der Waals surface area contributed by atoms with Crippen LogP contribution in [0.15, 0.2) is 0 Å². The van der Waals surface area contributed by atoms with Gasteiger partial charge in [-0.25, -0.2) is 0 Å². The second-order valence-corrected chi connectivity index (χ2v) is 5.73. The molecule has 1 fully saturated rings. The van der Waals surface area contributed by atoms with Crippen molar-refractivity contribution in [2.45, 2.75) is 58.7 Å². The lowest BCUT2D eigenvalue weighted by Gasteiger charge is -2.38. The Kier molecular flexibility index (Phi) is 6.09. The molecule has 1 aliphatic heterocycles. The predicted molar refractivity (Wildman–Crippen MR) is 73.6 cm³/mol. The largest absolute Gasteiger partial charge is 0.369 e. The minimum atomic E-state index is 0.103. The minimum Gasteiger partial charge on any atom is -0.369 e. The molecule has 4 nitrogen and oxygen atoms in total. The van der Waals surface area contributed by atoms with Crippen LogP contribution < -0.4 is 0 Å². The van der Waals surface area contributed by atoms with Crippen molar-refractivity contribution in [1.29, 1.82) is 0 Å². The van der Waals surface area contributed by atoms with E-state index in [9.17, 15) is 4.79 Å². The van der Waals surface area contributed by atoms with Gasteiger partial charge < -0.3 is 14.5 Å². The third-order valence-corrected chi connectivity index (χ3v) is 3.71. The highest BCUT2D eigenvalue weighted by Gasteiger charge is 2.26. The molecule has 4 heteroatoms. The number of amides is 1. The number of rotatable bonds is 5. The summed E-state index contributed by atoms with van der Waals surface area (Å²) in [6.45, 7) is 10.7. The fraction of sp³-hybridized carbons (Fsp3) is 0.929. The van der Waals surface area contributed by atoms with Crippen molar-refractivity contribution < 1.29 is 9.53 Å². The maximum atomic E-state index is 11.9. The Morgan fingerprint density at radius 3 is 2.28 bits per heavy atom. The van der Waals surface area contributed by atoms with Crippen LogP contribution in [0.4, 0.5) is 0 Å². The Morgan fingerprint density at radius 2 is 1.83 bits per heavy atom. The Balaban J connectivity index is 2.35. The van der Waals surface area contributed by atoms with E-state index in [1.54, 1.807) is 0 Å². The molecule has 0 N–H and O–H groups in total. The summed E-state index contributed by atoms with van der Waals surface area (Å²) < 4.78 is 5.37. The fourth-order valence-corrected chi connectivity index (χ4v) is 2.33. The quantitative estimate of drug-likeness (QED) is 0.751. The summed E-state index contributed by atoms with van der Waals surface area (Å²) in [7, 11) is 1.90. The van der Waals surface area contributed by atoms with E-state index in [1.165, 1.54) is 0 Å². The number of carbonyl (C=O) groups is 1. The lowest BCUT2D eigenvalue weighted by atomic mass is 10.0. The van der Waals surface area contributed by atoms with Gasteiger partial charge in [0.2, 0.25) is 5.91 Å². The zero-order valence-corrected chi connectivity index (χ0v) is 12.5. The van der Waals surface area contributed by atoms with E-state index in [0.717, 1.165) is 25.9 Å². The summed E-state index contributed by atoms with van der Waals surface area (Å²) in [5.41, 5.74) is 0. The maximum absolute atomic E-state index is 11.9. The average molecular weight is 256 g/mol. The first kappa shape index (κ1) is 15.4. The van der Waals surface area contributed by atoms with Crippen LogP contribution in [0.2, 0.25) is 0 Å². The molecule has 1 saturated heterocycles. The average Bonchev–Trinajstić information content (AvgIpc) is 2.35. The lowest BCUT2D eigenvalue weighted by Crippen LogP contribution is -2.48. The molecule has 18 heavy (non-hydrogen) atoms. The summed E-state index contributed by atoms with van der Waals surface area (Å²) in [5.74, 6) is 0.103. The maximum Gasteiger partial charge on any atom is 0.248 e. The van der Waals surface area contributed by atoms with Gasteiger partial charge >= 0.3 is 0 Å². The van der Waals surface area contributed by atoms with Crippen LogP contribution in [0, 0.1) is 0 Å². The zero-order valence-electron chi connectivity index (χ0n) is 12.5. The Hall–Kier alpha value is -0.610. The Bertz CT molecular complexity index is 259. The first-order valence-electron chi connectivity index (χ1n) is 7.03. The lowest BCUT2D eigenvalue weighted by molar-refractivity contribution is -0.139. The number of piperidine rings is 1. The first-order chi connectivity index (χ1) is 8.41. The van der Waals surface area contributed by atoms with Gasteiger partial charge in [0.15, 0.2) is 0 Å². The third-order valence-electron chi connectivity index (χ3n) is 3.71. The molecule has 1 heterocycles. The van der Waals surface area contributed by atoms with Crippen molar-refractivity contribution in [2.24, 2.45) is 0 Å². The summed E-state index contributed by atoms with van der Waals surface area (Å²) in [6, 6.07) is 0.986. The summed E-state index contributed by atoms with van der Waals surface area (Å²) in [4.78, 5) is 16.3. The molecule has 1 aliphatic rings. The van der Waals surface area contributed by atoms with Gasteiger partial charge in [-0.3, -0.25) is 4.79 Å². The van der Waals surface area contributed by atoms with Crippen LogP contribution in [0.1, 0.15) is 40.5 Å². The standard InChI is InChI=1S/C14H28N2O2/c1-11(2)16-8-6-13(7-9-16)15(5)14(17)10-18-12(3)4/h11-13H,6-10H2,1-5H3. The highest BCUT2D eigenvalue weighted by Crippen LogP contribution is 2.17. The molecule has 0 unspecified atom stereocenters. The van der Waals surface area contributed by atoms with Gasteiger partial charge in [-0.1, -0.05) is 0 Å². The molecular weight excluding hydrogens is 228 g/mol. The summed E-state index contributed by atoms with van der Waals surface area (Å²) in [5, 5.41) is 0. The zero-order chi connectivity index (χ0) is 13.7. The van der Waals surface area contributed by atoms with Gasteiger partial charge in [0, 0.05) is 32.2 Å². The number of hydrogen-bond acceptors (Lipinski definition) is 3. The number of likely N-dealkylation sites (N-methyl/N-ethyl adjacent to an activating group) is 1. The van der Waals surface area contributed by atoms with Crippen LogP contribution >= 0.6 is 0 Å². The molecule has 0 atom stereocenters. The third kappa shape index (κ3) is 4.58. The van der Waals surface area contributed by atoms with Crippen LogP contribution in [0.5, 0.6) is 0 Å². The highest BCUT2D eigenvalue weighted by atomic mass is 16.5. The summed E-state index contributed by atoms with van der Waals surface area (Å²) in [6.07, 6.45) is 2.26. The van der Waals surface area contributed by atoms with Gasteiger partial charge in [-0.2, -0.15) is 0 Å². The van der Waals surface area contributed by atoms with Crippen LogP contribution in [0.3, 0.4) is 0 Å². The van der Waals surface area contributed by atoms with Crippen molar-refractivity contribution in [3.63, 3.8) is 0 Å². The molecule has 106 valence electrons. The van der Waals surface area contributed by atoms with Crippen molar-refractivity contribution >= 4 is 5.91 Å². The molecule has 0 radical (unpaired) electrons. The van der Waals surface area contributed by atoms with Gasteiger partial charge in [0.1, 0.15) is 6.61 Å². The molecule has 0 saturated carbocycles. The van der Waals surface area contributed by atoms with Crippen LogP contribution in [-0.4, -0.2) is 60.6 Å². The molecule has 0 bridgehead atoms. The molecule has 1 amide bonds. The Labute approximate surface area is 111 Å². The second kappa shape index (κ2) is 7.10. The number of likely N-dealkylation sites (tertiary alicyclic amines) is 1. The molecule has 0 aliphatic carbocycles. The minimum absolute atomic E-state index is 0.103. The predicted octanol–water partition coefficient (Wildman–Crippen LogP) is 1.74. The highest BCUT2D eigenvalue weighted by molar-refractivity contribution is 5.77. The van der Waals surface area contributed by atoms with Crippen molar-refractivity contribution in [1.82, 2.24) is 9.80 Å². The normalized spacial score (nSPS) is 18.6. The molecular formula is C14H28N2O2. The van der Waals surface area contributed by atoms with Crippen LogP contribution in [0.25, 0.3) is 0 Å². The van der Waals surface area contributed by atoms with Crippen molar-refractivity contribution in [3.05, 3.63) is 0 Å². The topological polar surface area (TPSA) is 32.8 Å². The Morgan fingerprint density at radius 1 is 1.28 bits per heavy atom. The molecule has 1 rings (SSSR count). The second-order valence-electron chi connectivity index (χ2n) is 5.73. The van der Waals surface area contributed by atoms with E-state index in [-0.39, 0.29) is 18.6 Å². The molecule has 0 aromatic carbocycles. The van der Waals surface area contributed by atoms with E-state index >= 15 is 0 Å². The van der Waals surface area contributed by atoms with E-state index in [2.05, 4.69) is 18.7 Å². The number of nitrogens with zero attached hydrogens (tertiary/aromatic N) is 2. The van der Waals surface area contributed by atoms with E-state index in [4.69, 9.17) is 4.74 Å². The number of hydrogen-bond donors (Lipinski definition) is 0. The summed E-state index contributed by atoms with van der Waals surface area (Å²) >= 11 is 0. The molecule has 0 aromatic heterocycles. The van der Waals surface area contributed by atoms with Crippen LogP contribution in [-0.2, 0) is 9.53 Å². The van der Waals surface area contributed by atoms with Gasteiger partial charge in [0.05, 0.1) is 6.10 Å². The van der Waals surface area contributed by atoms with E-state index < -0.39 is 0 Å². The smallest absolute Gasteiger partial charge is 0.248 e. The number of carbonyl (C=O) groups excluding carboxylic acids is 1. The van der Waals surface area contributed by atoms with Gasteiger partial charge in [-0.05, 0) is 40.5 Å². The first-order valence-corrected chi connectivity index (χ1v) is 7.03. The fourth-order valence-electron chi connectivity index (χ4n) is 2.33. The SMILES string of the molecule is CC(C)OCC(=O)N(C)C1CCN(C(C)C)CC1. The number of ether oxygens (including phenoxy) is 1. The molecule has 0 aromatic rings. The van der Waals surface area contributed by atoms with E-state index in [0.29, 0.717) is 12.1 Å². The van der Waals surface area contributed by atoms with Gasteiger partial charge in [0.25, 0.3) is 0 Å².